The molecule has 12 heteroatoms. The van der Waals surface area contributed by atoms with E-state index in [0.29, 0.717) is 17.6 Å². The summed E-state index contributed by atoms with van der Waals surface area (Å²) in [6.45, 7) is -0.518. The maximum atomic E-state index is 13.0. The molecule has 0 radical (unpaired) electrons. The second-order valence-corrected chi connectivity index (χ2v) is 8.31. The van der Waals surface area contributed by atoms with Crippen LogP contribution in [0.1, 0.15) is 16.7 Å². The van der Waals surface area contributed by atoms with E-state index in [2.05, 4.69) is 0 Å². The molecule has 0 aliphatic rings. The lowest BCUT2D eigenvalue weighted by molar-refractivity contribution is -0.143. The molecule has 2 aromatic carbocycles. The lowest BCUT2D eigenvalue weighted by Gasteiger charge is -2.16. The molecule has 1 unspecified atom stereocenters. The quantitative estimate of drug-likeness (QED) is 0.468. The van der Waals surface area contributed by atoms with Gasteiger partial charge in [-0.05, 0) is 42.3 Å². The number of nitrogens with one attached hydrogen (secondary N) is 1. The minimum absolute atomic E-state index is 0.0897. The van der Waals surface area contributed by atoms with Crippen molar-refractivity contribution in [2.75, 3.05) is 13.7 Å². The molecule has 0 saturated carbocycles. The number of alkyl halides is 6. The number of ether oxygens (including phenoxy) is 1. The maximum absolute atomic E-state index is 13.0. The number of hydrogen-bond donors (Lipinski definition) is 1. The highest BCUT2D eigenvalue weighted by molar-refractivity contribution is 7.89. The van der Waals surface area contributed by atoms with Crippen LogP contribution in [0.2, 0.25) is 0 Å². The highest BCUT2D eigenvalue weighted by atomic mass is 32.2. The van der Waals surface area contributed by atoms with Crippen molar-refractivity contribution in [1.29, 1.82) is 0 Å². The van der Waals surface area contributed by atoms with E-state index in [1.165, 1.54) is 7.11 Å². The monoisotopic (exact) mass is 469 g/mol. The third-order valence-corrected chi connectivity index (χ3v) is 5.66. The van der Waals surface area contributed by atoms with E-state index >= 15 is 0 Å². The average molecular weight is 469 g/mol. The van der Waals surface area contributed by atoms with E-state index in [9.17, 15) is 39.6 Å². The summed E-state index contributed by atoms with van der Waals surface area (Å²) in [5, 5.41) is 0. The lowest BCUT2D eigenvalue weighted by atomic mass is 10.0. The molecule has 0 amide bonds. The SMILES string of the molecule is COc1ccc(CC(C=O)CNS(=O)(=O)c2cc(C(F)(F)F)cc(C(F)(F)F)c2)cc1. The summed E-state index contributed by atoms with van der Waals surface area (Å²) >= 11 is 0. The Bertz CT molecular complexity index is 985. The van der Waals surface area contributed by atoms with Crippen LogP contribution < -0.4 is 9.46 Å². The van der Waals surface area contributed by atoms with Crippen molar-refractivity contribution in [1.82, 2.24) is 4.72 Å². The zero-order valence-electron chi connectivity index (χ0n) is 15.9. The number of sulfonamides is 1. The summed E-state index contributed by atoms with van der Waals surface area (Å²) in [7, 11) is -3.31. The highest BCUT2D eigenvalue weighted by Crippen LogP contribution is 2.37. The number of carbonyl (C=O) groups excluding carboxylic acids is 1. The van der Waals surface area contributed by atoms with E-state index < -0.39 is 50.9 Å². The molecular formula is C19H17F6NO4S. The lowest BCUT2D eigenvalue weighted by Crippen LogP contribution is -2.31. The minimum Gasteiger partial charge on any atom is -0.497 e. The second-order valence-electron chi connectivity index (χ2n) is 6.54. The fraction of sp³-hybridized carbons (Fsp3) is 0.316. The van der Waals surface area contributed by atoms with Crippen LogP contribution in [0.25, 0.3) is 0 Å². The molecule has 0 aliphatic heterocycles. The van der Waals surface area contributed by atoms with Crippen LogP contribution in [0.5, 0.6) is 5.75 Å². The number of benzene rings is 2. The topological polar surface area (TPSA) is 72.5 Å². The Hall–Kier alpha value is -2.60. The highest BCUT2D eigenvalue weighted by Gasteiger charge is 2.38. The zero-order valence-corrected chi connectivity index (χ0v) is 16.7. The molecule has 0 fully saturated rings. The zero-order chi connectivity index (χ0) is 23.4. The molecule has 1 atom stereocenters. The molecule has 0 aromatic heterocycles. The van der Waals surface area contributed by atoms with Gasteiger partial charge in [0.1, 0.15) is 12.0 Å². The molecule has 5 nitrogen and oxygen atoms in total. The van der Waals surface area contributed by atoms with Crippen LogP contribution in [0, 0.1) is 5.92 Å². The van der Waals surface area contributed by atoms with Crippen LogP contribution in [-0.4, -0.2) is 28.4 Å². The Morgan fingerprint density at radius 1 is 0.968 bits per heavy atom. The summed E-state index contributed by atoms with van der Waals surface area (Å²) in [5.74, 6) is -0.354. The summed E-state index contributed by atoms with van der Waals surface area (Å²) in [5.41, 5.74) is -2.86. The molecule has 2 rings (SSSR count). The number of methoxy groups -OCH3 is 1. The molecule has 1 N–H and O–H groups in total. The Kier molecular flexibility index (Phi) is 7.37. The normalized spacial score (nSPS) is 13.6. The Morgan fingerprint density at radius 2 is 1.48 bits per heavy atom. The van der Waals surface area contributed by atoms with Gasteiger partial charge in [0, 0.05) is 12.5 Å². The molecule has 2 aromatic rings. The summed E-state index contributed by atoms with van der Waals surface area (Å²) in [4.78, 5) is 10.1. The van der Waals surface area contributed by atoms with Gasteiger partial charge in [-0.25, -0.2) is 13.1 Å². The predicted molar refractivity (Wildman–Crippen MR) is 97.9 cm³/mol. The van der Waals surface area contributed by atoms with Crippen LogP contribution in [0.4, 0.5) is 26.3 Å². The minimum atomic E-state index is -5.19. The number of rotatable bonds is 8. The Labute approximate surface area is 174 Å². The van der Waals surface area contributed by atoms with Crippen molar-refractivity contribution in [2.45, 2.75) is 23.7 Å². The van der Waals surface area contributed by atoms with Gasteiger partial charge in [-0.2, -0.15) is 26.3 Å². The maximum Gasteiger partial charge on any atom is 0.416 e. The Morgan fingerprint density at radius 3 is 1.90 bits per heavy atom. The van der Waals surface area contributed by atoms with Gasteiger partial charge in [-0.15, -0.1) is 0 Å². The first-order valence-electron chi connectivity index (χ1n) is 8.63. The van der Waals surface area contributed by atoms with Crippen LogP contribution >= 0.6 is 0 Å². The van der Waals surface area contributed by atoms with Gasteiger partial charge in [0.15, 0.2) is 0 Å². The van der Waals surface area contributed by atoms with Crippen LogP contribution in [-0.2, 0) is 33.6 Å². The van der Waals surface area contributed by atoms with Gasteiger partial charge < -0.3 is 9.53 Å². The summed E-state index contributed by atoms with van der Waals surface area (Å²) < 4.78 is 109. The van der Waals surface area contributed by atoms with Crippen molar-refractivity contribution < 1.29 is 44.3 Å². The van der Waals surface area contributed by atoms with E-state index in [-0.39, 0.29) is 24.6 Å². The van der Waals surface area contributed by atoms with Gasteiger partial charge in [0.05, 0.1) is 23.1 Å². The van der Waals surface area contributed by atoms with E-state index in [4.69, 9.17) is 4.74 Å². The van der Waals surface area contributed by atoms with Crippen molar-refractivity contribution in [2.24, 2.45) is 5.92 Å². The first-order valence-corrected chi connectivity index (χ1v) is 10.1. The third-order valence-electron chi connectivity index (χ3n) is 4.26. The van der Waals surface area contributed by atoms with Crippen molar-refractivity contribution in [3.63, 3.8) is 0 Å². The van der Waals surface area contributed by atoms with Gasteiger partial charge >= 0.3 is 12.4 Å². The summed E-state index contributed by atoms with van der Waals surface area (Å²) in [6, 6.07) is 6.54. The molecular weight excluding hydrogens is 452 g/mol. The smallest absolute Gasteiger partial charge is 0.416 e. The molecule has 0 heterocycles. The van der Waals surface area contributed by atoms with E-state index in [0.717, 1.165) is 0 Å². The largest absolute Gasteiger partial charge is 0.497 e. The molecule has 31 heavy (non-hydrogen) atoms. The van der Waals surface area contributed by atoms with E-state index in [1.54, 1.807) is 24.3 Å². The molecule has 0 saturated heterocycles. The average Bonchev–Trinajstić information content (AvgIpc) is 2.70. The van der Waals surface area contributed by atoms with Gasteiger partial charge in [-0.3, -0.25) is 0 Å². The number of halogens is 6. The van der Waals surface area contributed by atoms with Gasteiger partial charge in [-0.1, -0.05) is 12.1 Å². The number of aldehydes is 1. The Balaban J connectivity index is 2.24. The van der Waals surface area contributed by atoms with Gasteiger partial charge in [0.25, 0.3) is 0 Å². The molecule has 170 valence electrons. The molecule has 0 aliphatic carbocycles. The predicted octanol–water partition coefficient (Wildman–Crippen LogP) is 4.07. The number of hydrogen-bond acceptors (Lipinski definition) is 4. The first-order chi connectivity index (χ1) is 14.3. The second kappa shape index (κ2) is 9.27. The van der Waals surface area contributed by atoms with E-state index in [1.807, 2.05) is 4.72 Å². The van der Waals surface area contributed by atoms with Crippen LogP contribution in [0.3, 0.4) is 0 Å². The first kappa shape index (κ1) is 24.7. The van der Waals surface area contributed by atoms with Crippen molar-refractivity contribution >= 4 is 16.3 Å². The fourth-order valence-corrected chi connectivity index (χ4v) is 3.78. The van der Waals surface area contributed by atoms with Gasteiger partial charge in [0.2, 0.25) is 10.0 Å². The molecule has 0 bridgehead atoms. The fourth-order valence-electron chi connectivity index (χ4n) is 2.61. The van der Waals surface area contributed by atoms with Crippen LogP contribution in [0.15, 0.2) is 47.4 Å². The summed E-state index contributed by atoms with van der Waals surface area (Å²) in [6.07, 6.45) is -9.84. The van der Waals surface area contributed by atoms with Crippen molar-refractivity contribution in [3.8, 4) is 5.75 Å². The molecule has 0 spiro atoms. The van der Waals surface area contributed by atoms with Crippen molar-refractivity contribution in [3.05, 3.63) is 59.2 Å². The standard InChI is InChI=1S/C19H17F6NO4S/c1-30-16-4-2-12(3-5-16)6-13(11-27)10-26-31(28,29)17-8-14(18(20,21)22)7-15(9-17)19(23,24)25/h2-5,7-9,11,13,26H,6,10H2,1H3. The number of carbonyl (C=O) groups is 1. The third kappa shape index (κ3) is 6.69.